The van der Waals surface area contributed by atoms with Gasteiger partial charge in [-0.3, -0.25) is 14.8 Å². The van der Waals surface area contributed by atoms with Gasteiger partial charge in [-0.1, -0.05) is 66.4 Å². The summed E-state index contributed by atoms with van der Waals surface area (Å²) in [5.74, 6) is 5.90. The zero-order chi connectivity index (χ0) is 25.3. The van der Waals surface area contributed by atoms with Crippen molar-refractivity contribution in [2.45, 2.75) is 31.3 Å². The van der Waals surface area contributed by atoms with E-state index < -0.39 is 23.6 Å². The van der Waals surface area contributed by atoms with Crippen LogP contribution in [0.5, 0.6) is 0 Å². The number of nitrogens with zero attached hydrogens (tertiary/aromatic N) is 2. The van der Waals surface area contributed by atoms with Crippen LogP contribution in [-0.2, 0) is 22.0 Å². The first kappa shape index (κ1) is 23.2. The van der Waals surface area contributed by atoms with Gasteiger partial charge in [0.1, 0.15) is 11.9 Å². The Morgan fingerprint density at radius 3 is 2.50 bits per heavy atom. The van der Waals surface area contributed by atoms with Gasteiger partial charge in [-0.25, -0.2) is 4.79 Å². The SMILES string of the molecule is C[C@@H](OC(=O)Nc1c(C#Cc2ccc3cc(C4(C(=O)O)CC4)ccc3c2)cnn1C)c1ccccc1. The monoisotopic (exact) mass is 479 g/mol. The molecule has 1 aliphatic rings. The van der Waals surface area contributed by atoms with E-state index in [2.05, 4.69) is 22.3 Å². The molecule has 0 bridgehead atoms. The summed E-state index contributed by atoms with van der Waals surface area (Å²) in [6.07, 6.45) is 1.96. The number of amides is 1. The Morgan fingerprint density at radius 1 is 1.06 bits per heavy atom. The number of hydrogen-bond acceptors (Lipinski definition) is 4. The molecule has 0 aliphatic heterocycles. The maximum absolute atomic E-state index is 12.5. The van der Waals surface area contributed by atoms with Gasteiger partial charge in [0, 0.05) is 12.6 Å². The van der Waals surface area contributed by atoms with E-state index >= 15 is 0 Å². The van der Waals surface area contributed by atoms with Crippen molar-refractivity contribution < 1.29 is 19.4 Å². The lowest BCUT2D eigenvalue weighted by molar-refractivity contribution is -0.140. The Labute approximate surface area is 208 Å². The highest BCUT2D eigenvalue weighted by Crippen LogP contribution is 2.48. The van der Waals surface area contributed by atoms with Crippen molar-refractivity contribution in [3.8, 4) is 11.8 Å². The third kappa shape index (κ3) is 4.53. The fourth-order valence-electron chi connectivity index (χ4n) is 4.27. The molecule has 7 nitrogen and oxygen atoms in total. The second-order valence-corrected chi connectivity index (χ2v) is 9.03. The summed E-state index contributed by atoms with van der Waals surface area (Å²) in [7, 11) is 1.72. The second kappa shape index (κ2) is 9.23. The summed E-state index contributed by atoms with van der Waals surface area (Å²) in [4.78, 5) is 24.2. The molecule has 1 saturated carbocycles. The van der Waals surface area contributed by atoms with Gasteiger partial charge in [0.05, 0.1) is 17.2 Å². The summed E-state index contributed by atoms with van der Waals surface area (Å²) in [5.41, 5.74) is 2.38. The quantitative estimate of drug-likeness (QED) is 0.374. The standard InChI is InChI=1S/C29H25N3O4/c1-19(21-6-4-3-5-7-21)36-28(35)31-26-24(18-30-32(26)2)11-9-20-8-10-23-17-25(13-12-22(23)16-20)29(14-15-29)27(33)34/h3-8,10,12-13,16-19H,14-15H2,1-2H3,(H,31,35)(H,33,34)/t19-/m1/s1. The topological polar surface area (TPSA) is 93.4 Å². The van der Waals surface area contributed by atoms with Gasteiger partial charge in [0.2, 0.25) is 0 Å². The summed E-state index contributed by atoms with van der Waals surface area (Å²) < 4.78 is 7.05. The van der Waals surface area contributed by atoms with E-state index in [1.807, 2.05) is 73.7 Å². The number of carboxylic acid groups (broad SMARTS) is 1. The van der Waals surface area contributed by atoms with E-state index in [9.17, 15) is 14.7 Å². The van der Waals surface area contributed by atoms with E-state index in [-0.39, 0.29) is 0 Å². The molecule has 7 heteroatoms. The van der Waals surface area contributed by atoms with Crippen LogP contribution in [0.2, 0.25) is 0 Å². The number of aliphatic carboxylic acids is 1. The average molecular weight is 480 g/mol. The number of aromatic nitrogens is 2. The Balaban J connectivity index is 1.32. The van der Waals surface area contributed by atoms with E-state index in [4.69, 9.17) is 4.74 Å². The zero-order valence-electron chi connectivity index (χ0n) is 20.0. The lowest BCUT2D eigenvalue weighted by Crippen LogP contribution is -2.19. The third-order valence-electron chi connectivity index (χ3n) is 6.61. The number of aryl methyl sites for hydroxylation is 1. The maximum atomic E-state index is 12.5. The number of carboxylic acids is 1. The number of carbonyl (C=O) groups excluding carboxylic acids is 1. The first-order valence-electron chi connectivity index (χ1n) is 11.7. The van der Waals surface area contributed by atoms with Crippen LogP contribution < -0.4 is 5.32 Å². The molecule has 0 unspecified atom stereocenters. The van der Waals surface area contributed by atoms with E-state index in [0.717, 1.165) is 27.5 Å². The first-order valence-corrected chi connectivity index (χ1v) is 11.7. The molecule has 5 rings (SSSR count). The fourth-order valence-corrected chi connectivity index (χ4v) is 4.27. The van der Waals surface area contributed by atoms with Crippen LogP contribution in [0.4, 0.5) is 10.6 Å². The zero-order valence-corrected chi connectivity index (χ0v) is 20.0. The summed E-state index contributed by atoms with van der Waals surface area (Å²) in [6.45, 7) is 1.81. The molecule has 2 N–H and O–H groups in total. The molecule has 1 atom stereocenters. The third-order valence-corrected chi connectivity index (χ3v) is 6.61. The normalized spacial score (nSPS) is 14.4. The van der Waals surface area contributed by atoms with Crippen molar-refractivity contribution in [3.05, 3.63) is 95.2 Å². The Kier molecular flexibility index (Phi) is 5.95. The lowest BCUT2D eigenvalue weighted by Gasteiger charge is -2.14. The number of nitrogens with one attached hydrogen (secondary N) is 1. The predicted octanol–water partition coefficient (Wildman–Crippen LogP) is 5.40. The summed E-state index contributed by atoms with van der Waals surface area (Å²) >= 11 is 0. The highest BCUT2D eigenvalue weighted by Gasteiger charge is 2.51. The molecule has 0 radical (unpaired) electrons. The van der Waals surface area contributed by atoms with Crippen molar-refractivity contribution in [3.63, 3.8) is 0 Å². The van der Waals surface area contributed by atoms with E-state index in [1.54, 1.807) is 13.2 Å². The molecule has 3 aromatic carbocycles. The summed E-state index contributed by atoms with van der Waals surface area (Å²) in [6, 6.07) is 21.1. The van der Waals surface area contributed by atoms with Crippen molar-refractivity contribution in [1.29, 1.82) is 0 Å². The molecular weight excluding hydrogens is 454 g/mol. The number of hydrogen-bond donors (Lipinski definition) is 2. The number of rotatable bonds is 5. The van der Waals surface area contributed by atoms with Crippen molar-refractivity contribution in [2.24, 2.45) is 7.05 Å². The molecule has 0 saturated heterocycles. The van der Waals surface area contributed by atoms with E-state index in [1.165, 1.54) is 4.68 Å². The van der Waals surface area contributed by atoms with Crippen molar-refractivity contribution in [2.75, 3.05) is 5.32 Å². The maximum Gasteiger partial charge on any atom is 0.413 e. The molecule has 36 heavy (non-hydrogen) atoms. The van der Waals surface area contributed by atoms with Crippen molar-refractivity contribution in [1.82, 2.24) is 9.78 Å². The number of benzene rings is 3. The molecular formula is C29H25N3O4. The van der Waals surface area contributed by atoms with Crippen LogP contribution in [0.15, 0.2) is 72.9 Å². The first-order chi connectivity index (χ1) is 17.4. The van der Waals surface area contributed by atoms with Crippen LogP contribution in [0.3, 0.4) is 0 Å². The highest BCUT2D eigenvalue weighted by molar-refractivity contribution is 5.90. The molecule has 1 heterocycles. The van der Waals surface area contributed by atoms with Crippen LogP contribution in [-0.4, -0.2) is 26.9 Å². The number of anilines is 1. The number of carbonyl (C=O) groups is 2. The highest BCUT2D eigenvalue weighted by atomic mass is 16.6. The molecule has 180 valence electrons. The molecule has 1 aromatic heterocycles. The molecule has 1 fully saturated rings. The minimum Gasteiger partial charge on any atom is -0.481 e. The minimum atomic E-state index is -0.761. The number of fused-ring (bicyclic) bond motifs is 1. The van der Waals surface area contributed by atoms with Crippen LogP contribution in [0, 0.1) is 11.8 Å². The van der Waals surface area contributed by atoms with Crippen LogP contribution in [0.1, 0.15) is 48.1 Å². The smallest absolute Gasteiger partial charge is 0.413 e. The van der Waals surface area contributed by atoms with Gasteiger partial charge in [-0.05, 0) is 53.8 Å². The predicted molar refractivity (Wildman–Crippen MR) is 137 cm³/mol. The Bertz CT molecular complexity index is 1520. The molecule has 0 spiro atoms. The Morgan fingerprint density at radius 2 is 1.78 bits per heavy atom. The fraction of sp³-hybridized carbons (Fsp3) is 0.207. The average Bonchev–Trinajstić information content (AvgIpc) is 3.63. The number of ether oxygens (including phenoxy) is 1. The van der Waals surface area contributed by atoms with Crippen LogP contribution >= 0.6 is 0 Å². The van der Waals surface area contributed by atoms with Gasteiger partial charge >= 0.3 is 12.1 Å². The Hall–Kier alpha value is -4.57. The lowest BCUT2D eigenvalue weighted by atomic mass is 9.93. The van der Waals surface area contributed by atoms with Gasteiger partial charge in [0.25, 0.3) is 0 Å². The van der Waals surface area contributed by atoms with Gasteiger partial charge in [-0.15, -0.1) is 0 Å². The molecule has 4 aromatic rings. The van der Waals surface area contributed by atoms with Gasteiger partial charge in [-0.2, -0.15) is 5.10 Å². The largest absolute Gasteiger partial charge is 0.481 e. The van der Waals surface area contributed by atoms with Crippen LogP contribution in [0.25, 0.3) is 10.8 Å². The minimum absolute atomic E-state index is 0.405. The molecule has 1 aliphatic carbocycles. The summed E-state index contributed by atoms with van der Waals surface area (Å²) in [5, 5.41) is 18.5. The van der Waals surface area contributed by atoms with Gasteiger partial charge in [0.15, 0.2) is 0 Å². The molecule has 1 amide bonds. The van der Waals surface area contributed by atoms with E-state index in [0.29, 0.717) is 24.2 Å². The van der Waals surface area contributed by atoms with Gasteiger partial charge < -0.3 is 9.84 Å². The van der Waals surface area contributed by atoms with Crippen molar-refractivity contribution >= 4 is 28.7 Å². The second-order valence-electron chi connectivity index (χ2n) is 9.03.